The second kappa shape index (κ2) is 3.90. The van der Waals surface area contributed by atoms with E-state index in [0.717, 1.165) is 31.8 Å². The van der Waals surface area contributed by atoms with Crippen molar-refractivity contribution in [2.24, 2.45) is 17.1 Å². The Bertz CT molecular complexity index is 389. The third-order valence-corrected chi connectivity index (χ3v) is 4.89. The summed E-state index contributed by atoms with van der Waals surface area (Å²) in [6.45, 7) is 1.67. The number of amides is 2. The van der Waals surface area contributed by atoms with Crippen LogP contribution in [-0.2, 0) is 0 Å². The number of primary amides is 1. The van der Waals surface area contributed by atoms with Crippen LogP contribution in [0.25, 0.3) is 0 Å². The fraction of sp³-hybridized carbons (Fsp3) is 0.643. The van der Waals surface area contributed by atoms with Gasteiger partial charge < -0.3 is 10.6 Å². The topological polar surface area (TPSA) is 46.3 Å². The van der Waals surface area contributed by atoms with Gasteiger partial charge in [-0.05, 0) is 43.4 Å². The van der Waals surface area contributed by atoms with Crippen LogP contribution >= 0.6 is 0 Å². The van der Waals surface area contributed by atoms with E-state index >= 15 is 0 Å². The third-order valence-electron chi connectivity index (χ3n) is 4.89. The molecule has 3 heteroatoms. The van der Waals surface area contributed by atoms with E-state index in [-0.39, 0.29) is 6.03 Å². The van der Waals surface area contributed by atoms with Crippen molar-refractivity contribution in [2.45, 2.75) is 32.1 Å². The molecular formula is C14H20N2O. The molecule has 92 valence electrons. The van der Waals surface area contributed by atoms with Gasteiger partial charge in [0.05, 0.1) is 0 Å². The van der Waals surface area contributed by atoms with Gasteiger partial charge in [-0.3, -0.25) is 0 Å². The highest BCUT2D eigenvalue weighted by molar-refractivity contribution is 5.72. The molecule has 3 aliphatic rings. The molecule has 2 amide bonds. The first-order valence-corrected chi connectivity index (χ1v) is 6.63. The molecule has 0 aromatic rings. The zero-order valence-electron chi connectivity index (χ0n) is 10.2. The summed E-state index contributed by atoms with van der Waals surface area (Å²) in [5, 5.41) is 0. The Morgan fingerprint density at radius 1 is 1.35 bits per heavy atom. The van der Waals surface area contributed by atoms with Gasteiger partial charge in [0.1, 0.15) is 0 Å². The molecule has 2 N–H and O–H groups in total. The van der Waals surface area contributed by atoms with Crippen molar-refractivity contribution in [3.63, 3.8) is 0 Å². The van der Waals surface area contributed by atoms with E-state index in [1.54, 1.807) is 10.5 Å². The van der Waals surface area contributed by atoms with Gasteiger partial charge in [0.2, 0.25) is 0 Å². The monoisotopic (exact) mass is 232 g/mol. The Morgan fingerprint density at radius 3 is 2.82 bits per heavy atom. The van der Waals surface area contributed by atoms with Crippen molar-refractivity contribution in [1.82, 2.24) is 4.90 Å². The second-order valence-electron chi connectivity index (χ2n) is 5.63. The lowest BCUT2D eigenvalue weighted by molar-refractivity contribution is 0.147. The van der Waals surface area contributed by atoms with Crippen LogP contribution in [0.15, 0.2) is 23.8 Å². The summed E-state index contributed by atoms with van der Waals surface area (Å²) < 4.78 is 0. The first-order chi connectivity index (χ1) is 8.21. The normalized spacial score (nSPS) is 30.2. The summed E-state index contributed by atoms with van der Waals surface area (Å²) in [5.41, 5.74) is 7.39. The molecule has 0 aromatic heterocycles. The number of nitrogens with two attached hydrogens (primary N) is 1. The van der Waals surface area contributed by atoms with Crippen molar-refractivity contribution in [1.29, 1.82) is 0 Å². The lowest BCUT2D eigenvalue weighted by Gasteiger charge is -2.41. The summed E-state index contributed by atoms with van der Waals surface area (Å²) in [5.74, 6) is 0.778. The molecule has 2 aliphatic carbocycles. The summed E-state index contributed by atoms with van der Waals surface area (Å²) in [6, 6.07) is -0.257. The van der Waals surface area contributed by atoms with Crippen molar-refractivity contribution in [3.8, 4) is 0 Å². The van der Waals surface area contributed by atoms with Crippen molar-refractivity contribution in [2.75, 3.05) is 13.1 Å². The minimum absolute atomic E-state index is 0.257. The van der Waals surface area contributed by atoms with Gasteiger partial charge in [-0.15, -0.1) is 0 Å². The fourth-order valence-corrected chi connectivity index (χ4v) is 3.85. The lowest BCUT2D eigenvalue weighted by atomic mass is 9.71. The summed E-state index contributed by atoms with van der Waals surface area (Å²) >= 11 is 0. The number of hydrogen-bond acceptors (Lipinski definition) is 1. The van der Waals surface area contributed by atoms with E-state index in [4.69, 9.17) is 5.73 Å². The van der Waals surface area contributed by atoms with Gasteiger partial charge in [-0.1, -0.05) is 23.8 Å². The molecular weight excluding hydrogens is 212 g/mol. The molecule has 17 heavy (non-hydrogen) atoms. The SMILES string of the molecule is NC(=O)N1CCC2(CCC3CC=CC=C32)CC1. The van der Waals surface area contributed by atoms with E-state index in [1.165, 1.54) is 19.3 Å². The van der Waals surface area contributed by atoms with Crippen molar-refractivity contribution in [3.05, 3.63) is 23.8 Å². The zero-order chi connectivity index (χ0) is 11.9. The molecule has 1 atom stereocenters. The minimum atomic E-state index is -0.257. The predicted octanol–water partition coefficient (Wildman–Crippen LogP) is 2.44. The van der Waals surface area contributed by atoms with Crippen LogP contribution in [0.3, 0.4) is 0 Å². The number of piperidine rings is 1. The summed E-state index contributed by atoms with van der Waals surface area (Å²) in [7, 11) is 0. The quantitative estimate of drug-likeness (QED) is 0.685. The Hall–Kier alpha value is -1.25. The number of likely N-dealkylation sites (tertiary alicyclic amines) is 1. The highest BCUT2D eigenvalue weighted by Crippen LogP contribution is 2.54. The Kier molecular flexibility index (Phi) is 2.49. The van der Waals surface area contributed by atoms with Gasteiger partial charge in [-0.2, -0.15) is 0 Å². The smallest absolute Gasteiger partial charge is 0.314 e. The minimum Gasteiger partial charge on any atom is -0.351 e. The van der Waals surface area contributed by atoms with E-state index in [2.05, 4.69) is 18.2 Å². The number of urea groups is 1. The number of hydrogen-bond donors (Lipinski definition) is 1. The lowest BCUT2D eigenvalue weighted by Crippen LogP contribution is -2.45. The molecule has 3 nitrogen and oxygen atoms in total. The predicted molar refractivity (Wildman–Crippen MR) is 67.4 cm³/mol. The molecule has 3 rings (SSSR count). The van der Waals surface area contributed by atoms with Crippen molar-refractivity contribution < 1.29 is 4.79 Å². The highest BCUT2D eigenvalue weighted by Gasteiger charge is 2.45. The number of carbonyl (C=O) groups is 1. The average molecular weight is 232 g/mol. The van der Waals surface area contributed by atoms with Crippen LogP contribution < -0.4 is 5.73 Å². The van der Waals surface area contributed by atoms with Gasteiger partial charge in [0.15, 0.2) is 0 Å². The van der Waals surface area contributed by atoms with Crippen LogP contribution in [0, 0.1) is 11.3 Å². The number of fused-ring (bicyclic) bond motifs is 2. The highest BCUT2D eigenvalue weighted by atomic mass is 16.2. The molecule has 2 fully saturated rings. The molecule has 1 unspecified atom stereocenters. The van der Waals surface area contributed by atoms with E-state index in [1.807, 2.05) is 0 Å². The number of rotatable bonds is 0. The molecule has 1 aliphatic heterocycles. The molecule has 1 spiro atoms. The molecule has 0 bridgehead atoms. The maximum Gasteiger partial charge on any atom is 0.314 e. The second-order valence-corrected chi connectivity index (χ2v) is 5.63. The van der Waals surface area contributed by atoms with Gasteiger partial charge >= 0.3 is 6.03 Å². The maximum atomic E-state index is 11.2. The molecule has 0 aromatic carbocycles. The van der Waals surface area contributed by atoms with E-state index in [0.29, 0.717) is 5.41 Å². The van der Waals surface area contributed by atoms with Crippen LogP contribution in [0.5, 0.6) is 0 Å². The number of nitrogens with zero attached hydrogens (tertiary/aromatic N) is 1. The maximum absolute atomic E-state index is 11.2. The standard InChI is InChI=1S/C14H20N2O/c15-13(17)16-9-7-14(8-10-16)6-5-11-3-1-2-4-12(11)14/h1-2,4,11H,3,5-10H2,(H2,15,17). The average Bonchev–Trinajstić information content (AvgIpc) is 2.70. The largest absolute Gasteiger partial charge is 0.351 e. The van der Waals surface area contributed by atoms with Crippen LogP contribution in [0.4, 0.5) is 4.79 Å². The molecule has 1 heterocycles. The van der Waals surface area contributed by atoms with E-state index < -0.39 is 0 Å². The Balaban J connectivity index is 1.78. The van der Waals surface area contributed by atoms with Gasteiger partial charge in [0.25, 0.3) is 0 Å². The number of carbonyl (C=O) groups excluding carboxylic acids is 1. The summed E-state index contributed by atoms with van der Waals surface area (Å²) in [4.78, 5) is 13.0. The molecule has 0 radical (unpaired) electrons. The number of allylic oxidation sites excluding steroid dienone is 4. The van der Waals surface area contributed by atoms with Crippen LogP contribution in [0.2, 0.25) is 0 Å². The first kappa shape index (κ1) is 10.9. The van der Waals surface area contributed by atoms with Crippen LogP contribution in [0.1, 0.15) is 32.1 Å². The molecule has 1 saturated carbocycles. The van der Waals surface area contributed by atoms with E-state index in [9.17, 15) is 4.79 Å². The fourth-order valence-electron chi connectivity index (χ4n) is 3.85. The summed E-state index contributed by atoms with van der Waals surface area (Å²) in [6.07, 6.45) is 12.9. The van der Waals surface area contributed by atoms with Gasteiger partial charge in [0, 0.05) is 13.1 Å². The Morgan fingerprint density at radius 2 is 2.12 bits per heavy atom. The van der Waals surface area contributed by atoms with Gasteiger partial charge in [-0.25, -0.2) is 4.79 Å². The zero-order valence-corrected chi connectivity index (χ0v) is 10.2. The Labute approximate surface area is 102 Å². The third kappa shape index (κ3) is 1.68. The van der Waals surface area contributed by atoms with Crippen LogP contribution in [-0.4, -0.2) is 24.0 Å². The van der Waals surface area contributed by atoms with Crippen molar-refractivity contribution >= 4 is 6.03 Å². The first-order valence-electron chi connectivity index (χ1n) is 6.63. The molecule has 1 saturated heterocycles.